The topological polar surface area (TPSA) is 49.5 Å². The number of aliphatic hydroxyl groups excluding tert-OH is 1. The van der Waals surface area contributed by atoms with Crippen LogP contribution in [0.1, 0.15) is 12.5 Å². The SMILES string of the molecule is CC(CO)N(C)Cc1ccc(F)cc1N. The average molecular weight is 212 g/mol. The summed E-state index contributed by atoms with van der Waals surface area (Å²) in [5.74, 6) is -0.325. The van der Waals surface area contributed by atoms with Crippen LogP contribution in [0, 0.1) is 5.82 Å². The molecule has 1 rings (SSSR count). The van der Waals surface area contributed by atoms with Crippen LogP contribution in [0.2, 0.25) is 0 Å². The van der Waals surface area contributed by atoms with E-state index in [1.165, 1.54) is 12.1 Å². The fourth-order valence-corrected chi connectivity index (χ4v) is 1.27. The van der Waals surface area contributed by atoms with Gasteiger partial charge in [-0.05, 0) is 31.7 Å². The summed E-state index contributed by atoms with van der Waals surface area (Å²) in [5, 5.41) is 8.96. The van der Waals surface area contributed by atoms with Crippen molar-refractivity contribution in [3.8, 4) is 0 Å². The lowest BCUT2D eigenvalue weighted by Crippen LogP contribution is -2.31. The second-order valence-electron chi connectivity index (χ2n) is 3.79. The van der Waals surface area contributed by atoms with Crippen LogP contribution in [0.3, 0.4) is 0 Å². The van der Waals surface area contributed by atoms with Gasteiger partial charge in [0, 0.05) is 18.3 Å². The van der Waals surface area contributed by atoms with E-state index in [1.807, 2.05) is 18.9 Å². The minimum Gasteiger partial charge on any atom is -0.398 e. The molecule has 0 aliphatic carbocycles. The van der Waals surface area contributed by atoms with Gasteiger partial charge in [0.1, 0.15) is 5.82 Å². The molecule has 0 spiro atoms. The van der Waals surface area contributed by atoms with E-state index in [-0.39, 0.29) is 18.5 Å². The number of likely N-dealkylation sites (N-methyl/N-ethyl adjacent to an activating group) is 1. The number of hydrogen-bond donors (Lipinski definition) is 2. The molecule has 1 aromatic rings. The highest BCUT2D eigenvalue weighted by molar-refractivity contribution is 5.46. The van der Waals surface area contributed by atoms with Gasteiger partial charge in [-0.3, -0.25) is 4.90 Å². The van der Waals surface area contributed by atoms with Crippen LogP contribution < -0.4 is 5.73 Å². The van der Waals surface area contributed by atoms with E-state index in [0.717, 1.165) is 5.56 Å². The van der Waals surface area contributed by atoms with Gasteiger partial charge in [-0.25, -0.2) is 4.39 Å². The Morgan fingerprint density at radius 1 is 1.53 bits per heavy atom. The lowest BCUT2D eigenvalue weighted by Gasteiger charge is -2.23. The molecular weight excluding hydrogens is 195 g/mol. The van der Waals surface area contributed by atoms with E-state index >= 15 is 0 Å². The van der Waals surface area contributed by atoms with Crippen LogP contribution in [-0.4, -0.2) is 29.7 Å². The fourth-order valence-electron chi connectivity index (χ4n) is 1.27. The number of nitrogen functional groups attached to an aromatic ring is 1. The monoisotopic (exact) mass is 212 g/mol. The van der Waals surface area contributed by atoms with Crippen molar-refractivity contribution in [2.75, 3.05) is 19.4 Å². The molecule has 15 heavy (non-hydrogen) atoms. The van der Waals surface area contributed by atoms with Crippen molar-refractivity contribution in [1.82, 2.24) is 4.90 Å². The molecule has 84 valence electrons. The number of halogens is 1. The highest BCUT2D eigenvalue weighted by Crippen LogP contribution is 2.15. The molecule has 1 aromatic carbocycles. The predicted octanol–water partition coefficient (Wildman–Crippen LogP) is 1.22. The molecule has 0 aromatic heterocycles. The third kappa shape index (κ3) is 3.18. The number of nitrogens with two attached hydrogens (primary N) is 1. The quantitative estimate of drug-likeness (QED) is 0.738. The maximum Gasteiger partial charge on any atom is 0.125 e. The van der Waals surface area contributed by atoms with Crippen molar-refractivity contribution in [2.24, 2.45) is 0 Å². The first kappa shape index (κ1) is 11.9. The van der Waals surface area contributed by atoms with Crippen molar-refractivity contribution >= 4 is 5.69 Å². The molecule has 0 amide bonds. The molecule has 0 bridgehead atoms. The first-order valence-corrected chi connectivity index (χ1v) is 4.89. The van der Waals surface area contributed by atoms with Gasteiger partial charge in [0.25, 0.3) is 0 Å². The molecule has 0 radical (unpaired) electrons. The number of rotatable bonds is 4. The van der Waals surface area contributed by atoms with Crippen LogP contribution >= 0.6 is 0 Å². The van der Waals surface area contributed by atoms with E-state index in [1.54, 1.807) is 6.07 Å². The molecule has 4 heteroatoms. The minimum absolute atomic E-state index is 0.0643. The summed E-state index contributed by atoms with van der Waals surface area (Å²) >= 11 is 0. The number of aliphatic hydroxyl groups is 1. The standard InChI is InChI=1S/C11H17FN2O/c1-8(7-15)14(2)6-9-3-4-10(12)5-11(9)13/h3-5,8,15H,6-7,13H2,1-2H3. The first-order chi connectivity index (χ1) is 7.04. The maximum absolute atomic E-state index is 12.8. The first-order valence-electron chi connectivity index (χ1n) is 4.89. The second-order valence-corrected chi connectivity index (χ2v) is 3.79. The largest absolute Gasteiger partial charge is 0.398 e. The highest BCUT2D eigenvalue weighted by Gasteiger charge is 2.10. The summed E-state index contributed by atoms with van der Waals surface area (Å²) in [5.41, 5.74) is 7.01. The summed E-state index contributed by atoms with van der Waals surface area (Å²) in [6.07, 6.45) is 0. The third-order valence-corrected chi connectivity index (χ3v) is 2.54. The molecule has 0 fully saturated rings. The van der Waals surface area contributed by atoms with Crippen LogP contribution in [0.4, 0.5) is 10.1 Å². The zero-order valence-electron chi connectivity index (χ0n) is 9.07. The Hall–Kier alpha value is -1.13. The Labute approximate surface area is 89.3 Å². The van der Waals surface area contributed by atoms with Crippen molar-refractivity contribution in [3.05, 3.63) is 29.6 Å². The summed E-state index contributed by atoms with van der Waals surface area (Å²) in [4.78, 5) is 1.96. The summed E-state index contributed by atoms with van der Waals surface area (Å²) < 4.78 is 12.8. The normalized spacial score (nSPS) is 13.1. The zero-order valence-corrected chi connectivity index (χ0v) is 9.07. The molecule has 3 nitrogen and oxygen atoms in total. The third-order valence-electron chi connectivity index (χ3n) is 2.54. The van der Waals surface area contributed by atoms with Gasteiger partial charge in [-0.1, -0.05) is 6.07 Å². The Balaban J connectivity index is 2.72. The van der Waals surface area contributed by atoms with Gasteiger partial charge in [0.15, 0.2) is 0 Å². The van der Waals surface area contributed by atoms with E-state index < -0.39 is 0 Å². The highest BCUT2D eigenvalue weighted by atomic mass is 19.1. The summed E-state index contributed by atoms with van der Waals surface area (Å²) in [6, 6.07) is 4.44. The summed E-state index contributed by atoms with van der Waals surface area (Å²) in [6.45, 7) is 2.62. The van der Waals surface area contributed by atoms with Crippen molar-refractivity contribution in [3.63, 3.8) is 0 Å². The summed E-state index contributed by atoms with van der Waals surface area (Å²) in [7, 11) is 1.89. The Bertz CT molecular complexity index is 330. The Morgan fingerprint density at radius 2 is 2.20 bits per heavy atom. The molecule has 1 atom stereocenters. The Morgan fingerprint density at radius 3 is 2.73 bits per heavy atom. The number of benzene rings is 1. The molecule has 0 saturated heterocycles. The number of anilines is 1. The number of nitrogens with zero attached hydrogens (tertiary/aromatic N) is 1. The molecule has 0 heterocycles. The lowest BCUT2D eigenvalue weighted by atomic mass is 10.1. The van der Waals surface area contributed by atoms with Gasteiger partial charge in [-0.2, -0.15) is 0 Å². The van der Waals surface area contributed by atoms with Crippen molar-refractivity contribution in [1.29, 1.82) is 0 Å². The van der Waals surface area contributed by atoms with Crippen LogP contribution in [0.15, 0.2) is 18.2 Å². The molecule has 0 saturated carbocycles. The maximum atomic E-state index is 12.8. The van der Waals surface area contributed by atoms with E-state index in [0.29, 0.717) is 12.2 Å². The van der Waals surface area contributed by atoms with Crippen LogP contribution in [0.25, 0.3) is 0 Å². The van der Waals surface area contributed by atoms with Crippen molar-refractivity contribution in [2.45, 2.75) is 19.5 Å². The van der Waals surface area contributed by atoms with Gasteiger partial charge < -0.3 is 10.8 Å². The minimum atomic E-state index is -0.325. The van der Waals surface area contributed by atoms with Gasteiger partial charge >= 0.3 is 0 Å². The van der Waals surface area contributed by atoms with E-state index in [4.69, 9.17) is 10.8 Å². The molecule has 1 unspecified atom stereocenters. The predicted molar refractivity (Wildman–Crippen MR) is 58.8 cm³/mol. The molecule has 0 aliphatic rings. The van der Waals surface area contributed by atoms with Crippen molar-refractivity contribution < 1.29 is 9.50 Å². The van der Waals surface area contributed by atoms with Gasteiger partial charge in [0.05, 0.1) is 6.61 Å². The molecular formula is C11H17FN2O. The lowest BCUT2D eigenvalue weighted by molar-refractivity contribution is 0.154. The smallest absolute Gasteiger partial charge is 0.125 e. The average Bonchev–Trinajstić information content (AvgIpc) is 2.20. The second kappa shape index (κ2) is 5.09. The zero-order chi connectivity index (χ0) is 11.4. The van der Waals surface area contributed by atoms with E-state index in [2.05, 4.69) is 0 Å². The van der Waals surface area contributed by atoms with Crippen LogP contribution in [-0.2, 0) is 6.54 Å². The van der Waals surface area contributed by atoms with E-state index in [9.17, 15) is 4.39 Å². The number of hydrogen-bond acceptors (Lipinski definition) is 3. The fraction of sp³-hybridized carbons (Fsp3) is 0.455. The molecule has 3 N–H and O–H groups in total. The molecule has 0 aliphatic heterocycles. The van der Waals surface area contributed by atoms with Crippen LogP contribution in [0.5, 0.6) is 0 Å². The van der Waals surface area contributed by atoms with Gasteiger partial charge in [0.2, 0.25) is 0 Å². The Kier molecular flexibility index (Phi) is 4.05. The van der Waals surface area contributed by atoms with Gasteiger partial charge in [-0.15, -0.1) is 0 Å².